The molecule has 1 aromatic rings. The SMILES string of the molecule is COc1ccccc1CN1CCC[C@@H](C(N)=O)C1. The summed E-state index contributed by atoms with van der Waals surface area (Å²) in [5.74, 6) is 0.715. The predicted molar refractivity (Wildman–Crippen MR) is 70.2 cm³/mol. The van der Waals surface area contributed by atoms with Gasteiger partial charge in [-0.2, -0.15) is 0 Å². The minimum atomic E-state index is -0.181. The van der Waals surface area contributed by atoms with Crippen LogP contribution in [-0.4, -0.2) is 31.0 Å². The lowest BCUT2D eigenvalue weighted by molar-refractivity contribution is -0.123. The number of carbonyl (C=O) groups is 1. The van der Waals surface area contributed by atoms with Crippen LogP contribution in [0.3, 0.4) is 0 Å². The molecule has 0 unspecified atom stereocenters. The Bertz CT molecular complexity index is 420. The van der Waals surface area contributed by atoms with E-state index < -0.39 is 0 Å². The lowest BCUT2D eigenvalue weighted by Gasteiger charge is -2.31. The second-order valence-corrected chi connectivity index (χ2v) is 4.79. The van der Waals surface area contributed by atoms with E-state index in [-0.39, 0.29) is 11.8 Å². The van der Waals surface area contributed by atoms with Gasteiger partial charge in [-0.15, -0.1) is 0 Å². The van der Waals surface area contributed by atoms with E-state index in [1.54, 1.807) is 7.11 Å². The van der Waals surface area contributed by atoms with Gasteiger partial charge in [0.1, 0.15) is 5.75 Å². The number of benzene rings is 1. The summed E-state index contributed by atoms with van der Waals surface area (Å²) in [6.45, 7) is 2.59. The highest BCUT2D eigenvalue weighted by Crippen LogP contribution is 2.23. The molecular formula is C14H20N2O2. The molecular weight excluding hydrogens is 228 g/mol. The van der Waals surface area contributed by atoms with Gasteiger partial charge >= 0.3 is 0 Å². The molecule has 0 spiro atoms. The number of methoxy groups -OCH3 is 1. The normalized spacial score (nSPS) is 20.6. The van der Waals surface area contributed by atoms with Gasteiger partial charge < -0.3 is 10.5 Å². The van der Waals surface area contributed by atoms with Crippen LogP contribution >= 0.6 is 0 Å². The summed E-state index contributed by atoms with van der Waals surface area (Å²) in [5.41, 5.74) is 6.55. The van der Waals surface area contributed by atoms with Crippen LogP contribution in [0.4, 0.5) is 0 Å². The molecule has 0 saturated carbocycles. The van der Waals surface area contributed by atoms with Crippen LogP contribution < -0.4 is 10.5 Å². The molecule has 1 aliphatic heterocycles. The quantitative estimate of drug-likeness (QED) is 0.876. The first-order valence-electron chi connectivity index (χ1n) is 6.34. The van der Waals surface area contributed by atoms with Crippen LogP contribution in [0.1, 0.15) is 18.4 Å². The highest BCUT2D eigenvalue weighted by Gasteiger charge is 2.24. The Morgan fingerprint density at radius 1 is 1.50 bits per heavy atom. The number of amides is 1. The Morgan fingerprint density at radius 3 is 3.00 bits per heavy atom. The van der Waals surface area contributed by atoms with Crippen molar-refractivity contribution in [2.75, 3.05) is 20.2 Å². The van der Waals surface area contributed by atoms with E-state index in [1.165, 1.54) is 0 Å². The lowest BCUT2D eigenvalue weighted by atomic mass is 9.97. The summed E-state index contributed by atoms with van der Waals surface area (Å²) in [7, 11) is 1.68. The number of piperidine rings is 1. The largest absolute Gasteiger partial charge is 0.496 e. The van der Waals surface area contributed by atoms with Crippen molar-refractivity contribution in [1.82, 2.24) is 4.90 Å². The van der Waals surface area contributed by atoms with Crippen molar-refractivity contribution in [1.29, 1.82) is 0 Å². The molecule has 1 heterocycles. The maximum absolute atomic E-state index is 11.2. The van der Waals surface area contributed by atoms with Gasteiger partial charge in [0.2, 0.25) is 5.91 Å². The summed E-state index contributed by atoms with van der Waals surface area (Å²) in [4.78, 5) is 13.5. The van der Waals surface area contributed by atoms with Gasteiger partial charge in [0.25, 0.3) is 0 Å². The number of hydrogen-bond acceptors (Lipinski definition) is 3. The smallest absolute Gasteiger partial charge is 0.221 e. The first-order valence-corrected chi connectivity index (χ1v) is 6.34. The fourth-order valence-corrected chi connectivity index (χ4v) is 2.51. The molecule has 0 bridgehead atoms. The Morgan fingerprint density at radius 2 is 2.28 bits per heavy atom. The molecule has 18 heavy (non-hydrogen) atoms. The molecule has 2 N–H and O–H groups in total. The zero-order chi connectivity index (χ0) is 13.0. The van der Waals surface area contributed by atoms with E-state index >= 15 is 0 Å². The molecule has 4 heteroatoms. The summed E-state index contributed by atoms with van der Waals surface area (Å²) in [6, 6.07) is 8.00. The minimum Gasteiger partial charge on any atom is -0.496 e. The second-order valence-electron chi connectivity index (χ2n) is 4.79. The van der Waals surface area contributed by atoms with Gasteiger partial charge in [0, 0.05) is 18.7 Å². The predicted octanol–water partition coefficient (Wildman–Crippen LogP) is 1.39. The molecule has 1 aliphatic rings. The number of para-hydroxylation sites is 1. The minimum absolute atomic E-state index is 0.00606. The van der Waals surface area contributed by atoms with Crippen LogP contribution in [0.5, 0.6) is 5.75 Å². The summed E-state index contributed by atoms with van der Waals surface area (Å²) < 4.78 is 5.34. The zero-order valence-corrected chi connectivity index (χ0v) is 10.8. The molecule has 1 saturated heterocycles. The maximum Gasteiger partial charge on any atom is 0.221 e. The van der Waals surface area contributed by atoms with Gasteiger partial charge in [-0.25, -0.2) is 0 Å². The van der Waals surface area contributed by atoms with Gasteiger partial charge in [-0.05, 0) is 25.5 Å². The first-order chi connectivity index (χ1) is 8.70. The van der Waals surface area contributed by atoms with E-state index in [0.29, 0.717) is 0 Å². The number of carbonyl (C=O) groups excluding carboxylic acids is 1. The molecule has 1 aromatic carbocycles. The van der Waals surface area contributed by atoms with E-state index in [9.17, 15) is 4.79 Å². The number of nitrogens with zero attached hydrogens (tertiary/aromatic N) is 1. The van der Waals surface area contributed by atoms with Gasteiger partial charge in [-0.3, -0.25) is 9.69 Å². The van der Waals surface area contributed by atoms with E-state index in [1.807, 2.05) is 18.2 Å². The van der Waals surface area contributed by atoms with Crippen LogP contribution in [0, 0.1) is 5.92 Å². The molecule has 98 valence electrons. The highest BCUT2D eigenvalue weighted by molar-refractivity contribution is 5.76. The third kappa shape index (κ3) is 3.01. The van der Waals surface area contributed by atoms with Crippen LogP contribution in [0.2, 0.25) is 0 Å². The van der Waals surface area contributed by atoms with E-state index in [0.717, 1.165) is 43.8 Å². The van der Waals surface area contributed by atoms with Gasteiger partial charge in [0.05, 0.1) is 13.0 Å². The summed E-state index contributed by atoms with van der Waals surface area (Å²) >= 11 is 0. The molecule has 1 amide bonds. The molecule has 0 radical (unpaired) electrons. The molecule has 0 aromatic heterocycles. The number of rotatable bonds is 4. The summed E-state index contributed by atoms with van der Waals surface area (Å²) in [5, 5.41) is 0. The Balaban J connectivity index is 2.02. The molecule has 2 rings (SSSR count). The van der Waals surface area contributed by atoms with E-state index in [4.69, 9.17) is 10.5 Å². The number of nitrogens with two attached hydrogens (primary N) is 1. The third-order valence-electron chi connectivity index (χ3n) is 3.49. The fourth-order valence-electron chi connectivity index (χ4n) is 2.51. The molecule has 0 aliphatic carbocycles. The number of hydrogen-bond donors (Lipinski definition) is 1. The van der Waals surface area contributed by atoms with Gasteiger partial charge in [-0.1, -0.05) is 18.2 Å². The average molecular weight is 248 g/mol. The van der Waals surface area contributed by atoms with Crippen molar-refractivity contribution < 1.29 is 9.53 Å². The van der Waals surface area contributed by atoms with Gasteiger partial charge in [0.15, 0.2) is 0 Å². The monoisotopic (exact) mass is 248 g/mol. The van der Waals surface area contributed by atoms with Crippen molar-refractivity contribution in [3.63, 3.8) is 0 Å². The Hall–Kier alpha value is -1.55. The molecule has 4 nitrogen and oxygen atoms in total. The fraction of sp³-hybridized carbons (Fsp3) is 0.500. The number of likely N-dealkylation sites (tertiary alicyclic amines) is 1. The summed E-state index contributed by atoms with van der Waals surface area (Å²) in [6.07, 6.45) is 1.94. The van der Waals surface area contributed by atoms with Crippen LogP contribution in [0.25, 0.3) is 0 Å². The Kier molecular flexibility index (Phi) is 4.20. The number of primary amides is 1. The molecule has 1 fully saturated rings. The Labute approximate surface area is 108 Å². The average Bonchev–Trinajstić information content (AvgIpc) is 2.39. The van der Waals surface area contributed by atoms with E-state index in [2.05, 4.69) is 11.0 Å². The van der Waals surface area contributed by atoms with Crippen LogP contribution in [-0.2, 0) is 11.3 Å². The van der Waals surface area contributed by atoms with Crippen molar-refractivity contribution in [2.24, 2.45) is 11.7 Å². The van der Waals surface area contributed by atoms with Crippen molar-refractivity contribution in [3.8, 4) is 5.75 Å². The lowest BCUT2D eigenvalue weighted by Crippen LogP contribution is -2.40. The molecule has 1 atom stereocenters. The highest BCUT2D eigenvalue weighted by atomic mass is 16.5. The zero-order valence-electron chi connectivity index (χ0n) is 10.8. The van der Waals surface area contributed by atoms with Crippen molar-refractivity contribution in [2.45, 2.75) is 19.4 Å². The third-order valence-corrected chi connectivity index (χ3v) is 3.49. The van der Waals surface area contributed by atoms with Crippen molar-refractivity contribution >= 4 is 5.91 Å². The number of ether oxygens (including phenoxy) is 1. The second kappa shape index (κ2) is 5.87. The topological polar surface area (TPSA) is 55.6 Å². The van der Waals surface area contributed by atoms with Crippen LogP contribution in [0.15, 0.2) is 24.3 Å². The van der Waals surface area contributed by atoms with Crippen molar-refractivity contribution in [3.05, 3.63) is 29.8 Å². The maximum atomic E-state index is 11.2. The first kappa shape index (κ1) is 12.9. The standard InChI is InChI=1S/C14H20N2O2/c1-18-13-7-3-2-5-11(13)9-16-8-4-6-12(10-16)14(15)17/h2-3,5,7,12H,4,6,8-10H2,1H3,(H2,15,17)/t12-/m1/s1.